The van der Waals surface area contributed by atoms with E-state index in [1.165, 1.54) is 38.5 Å². The Morgan fingerprint density at radius 1 is 1.05 bits per heavy atom. The van der Waals surface area contributed by atoms with E-state index in [4.69, 9.17) is 0 Å². The first kappa shape index (κ1) is 24.1. The van der Waals surface area contributed by atoms with E-state index in [-0.39, 0.29) is 36.1 Å². The smallest absolute Gasteiger partial charge is 0.748 e. The number of unbranched alkanes of at least 4 members (excludes halogenated alkanes) is 7. The zero-order valence-electron chi connectivity index (χ0n) is 13.6. The van der Waals surface area contributed by atoms with E-state index in [1.54, 1.807) is 0 Å². The minimum absolute atomic E-state index is 0. The number of nitrogens with one attached hydrogen (secondary N) is 1. The van der Waals surface area contributed by atoms with Crippen LogP contribution in [0.5, 0.6) is 0 Å². The van der Waals surface area contributed by atoms with Crippen molar-refractivity contribution in [2.45, 2.75) is 70.8 Å². The SMILES string of the molecule is CCCCCCCCCCC(O)CNCCS(=O)(=O)[O-].[Na+]. The summed E-state index contributed by atoms with van der Waals surface area (Å²) in [6, 6.07) is 0. The topological polar surface area (TPSA) is 89.5 Å². The van der Waals surface area contributed by atoms with Gasteiger partial charge in [0.15, 0.2) is 0 Å². The zero-order chi connectivity index (χ0) is 15.3. The summed E-state index contributed by atoms with van der Waals surface area (Å²) < 4.78 is 31.1. The van der Waals surface area contributed by atoms with Crippen LogP contribution in [0.25, 0.3) is 0 Å². The normalized spacial score (nSPS) is 12.9. The predicted molar refractivity (Wildman–Crippen MR) is 80.7 cm³/mol. The predicted octanol–water partition coefficient (Wildman–Crippen LogP) is -0.983. The summed E-state index contributed by atoms with van der Waals surface area (Å²) in [5, 5.41) is 12.4. The van der Waals surface area contributed by atoms with Gasteiger partial charge in [-0.1, -0.05) is 58.3 Å². The largest absolute Gasteiger partial charge is 1.00 e. The molecule has 0 aliphatic heterocycles. The number of aliphatic hydroxyl groups excluding tert-OH is 1. The Hall–Kier alpha value is 0.830. The molecule has 0 aromatic heterocycles. The van der Waals surface area contributed by atoms with E-state index in [0.717, 1.165) is 19.3 Å². The van der Waals surface area contributed by atoms with Gasteiger partial charge >= 0.3 is 29.6 Å². The van der Waals surface area contributed by atoms with Crippen molar-refractivity contribution in [3.05, 3.63) is 0 Å². The van der Waals surface area contributed by atoms with Crippen LogP contribution in [0, 0.1) is 0 Å². The Morgan fingerprint density at radius 2 is 1.57 bits per heavy atom. The first-order valence-corrected chi connectivity index (χ1v) is 9.35. The van der Waals surface area contributed by atoms with Gasteiger partial charge in [0.25, 0.3) is 0 Å². The van der Waals surface area contributed by atoms with Crippen molar-refractivity contribution in [1.29, 1.82) is 0 Å². The van der Waals surface area contributed by atoms with E-state index in [0.29, 0.717) is 6.54 Å². The molecule has 21 heavy (non-hydrogen) atoms. The molecule has 5 nitrogen and oxygen atoms in total. The minimum atomic E-state index is -4.15. The quantitative estimate of drug-likeness (QED) is 0.243. The van der Waals surface area contributed by atoms with Crippen LogP contribution in [0.4, 0.5) is 0 Å². The molecule has 1 atom stereocenters. The summed E-state index contributed by atoms with van der Waals surface area (Å²) in [6.07, 6.45) is 10.1. The number of rotatable bonds is 14. The van der Waals surface area contributed by atoms with Crippen molar-refractivity contribution in [2.24, 2.45) is 0 Å². The molecule has 0 spiro atoms. The van der Waals surface area contributed by atoms with Crippen LogP contribution >= 0.6 is 0 Å². The van der Waals surface area contributed by atoms with Gasteiger partial charge in [-0.2, -0.15) is 0 Å². The molecule has 7 heteroatoms. The van der Waals surface area contributed by atoms with E-state index >= 15 is 0 Å². The number of aliphatic hydroxyl groups is 1. The van der Waals surface area contributed by atoms with Crippen LogP contribution in [0.1, 0.15) is 64.7 Å². The van der Waals surface area contributed by atoms with Crippen molar-refractivity contribution in [2.75, 3.05) is 18.8 Å². The standard InChI is InChI=1S/C14H31NO4S.Na/c1-2-3-4-5-6-7-8-9-10-14(16)13-15-11-12-20(17,18)19;/h14-16H,2-13H2,1H3,(H,17,18,19);/q;+1/p-1. The number of hydrogen-bond donors (Lipinski definition) is 2. The molecule has 0 bridgehead atoms. The first-order valence-electron chi connectivity index (χ1n) is 7.78. The Balaban J connectivity index is 0. The monoisotopic (exact) mass is 331 g/mol. The second kappa shape index (κ2) is 15.7. The fourth-order valence-electron chi connectivity index (χ4n) is 2.08. The van der Waals surface area contributed by atoms with Gasteiger partial charge < -0.3 is 15.0 Å². The Bertz CT molecular complexity index is 312. The minimum Gasteiger partial charge on any atom is -0.748 e. The van der Waals surface area contributed by atoms with Crippen LogP contribution < -0.4 is 34.9 Å². The fraction of sp³-hybridized carbons (Fsp3) is 1.00. The van der Waals surface area contributed by atoms with Crippen LogP contribution in [0.2, 0.25) is 0 Å². The average molecular weight is 331 g/mol. The van der Waals surface area contributed by atoms with Crippen molar-refractivity contribution in [3.8, 4) is 0 Å². The zero-order valence-corrected chi connectivity index (χ0v) is 16.5. The summed E-state index contributed by atoms with van der Waals surface area (Å²) in [7, 11) is -4.15. The molecule has 2 N–H and O–H groups in total. The summed E-state index contributed by atoms with van der Waals surface area (Å²) >= 11 is 0. The van der Waals surface area contributed by atoms with Crippen molar-refractivity contribution in [3.63, 3.8) is 0 Å². The maximum absolute atomic E-state index is 10.4. The molecule has 122 valence electrons. The van der Waals surface area contributed by atoms with Crippen molar-refractivity contribution >= 4 is 10.1 Å². The van der Waals surface area contributed by atoms with Gasteiger partial charge in [-0.05, 0) is 6.42 Å². The molecular weight excluding hydrogens is 301 g/mol. The summed E-state index contributed by atoms with van der Waals surface area (Å²) in [4.78, 5) is 0. The van der Waals surface area contributed by atoms with E-state index in [1.807, 2.05) is 0 Å². The van der Waals surface area contributed by atoms with Crippen molar-refractivity contribution in [1.82, 2.24) is 5.32 Å². The number of hydrogen-bond acceptors (Lipinski definition) is 5. The maximum Gasteiger partial charge on any atom is 1.00 e. The Morgan fingerprint density at radius 3 is 2.10 bits per heavy atom. The van der Waals surface area contributed by atoms with E-state index < -0.39 is 22.0 Å². The van der Waals surface area contributed by atoms with Crippen LogP contribution in [0.3, 0.4) is 0 Å². The van der Waals surface area contributed by atoms with Gasteiger partial charge in [0.1, 0.15) is 0 Å². The fourth-order valence-corrected chi connectivity index (χ4v) is 2.48. The van der Waals surface area contributed by atoms with Crippen LogP contribution in [-0.4, -0.2) is 43.0 Å². The molecule has 0 aliphatic carbocycles. The van der Waals surface area contributed by atoms with Gasteiger partial charge in [-0.15, -0.1) is 0 Å². The van der Waals surface area contributed by atoms with E-state index in [9.17, 15) is 18.1 Å². The summed E-state index contributed by atoms with van der Waals surface area (Å²) in [5.41, 5.74) is 0. The third-order valence-corrected chi connectivity index (χ3v) is 4.00. The second-order valence-corrected chi connectivity index (χ2v) is 6.91. The third-order valence-electron chi connectivity index (χ3n) is 3.30. The maximum atomic E-state index is 10.4. The van der Waals surface area contributed by atoms with E-state index in [2.05, 4.69) is 12.2 Å². The molecule has 0 fully saturated rings. The van der Waals surface area contributed by atoms with Crippen LogP contribution in [-0.2, 0) is 10.1 Å². The van der Waals surface area contributed by atoms with Gasteiger partial charge in [0.2, 0.25) is 0 Å². The molecule has 0 amide bonds. The third kappa shape index (κ3) is 20.8. The average Bonchev–Trinajstić information content (AvgIpc) is 2.37. The van der Waals surface area contributed by atoms with Gasteiger partial charge in [0.05, 0.1) is 22.0 Å². The molecule has 0 radical (unpaired) electrons. The summed E-state index contributed by atoms with van der Waals surface area (Å²) in [6.45, 7) is 2.67. The molecule has 0 saturated heterocycles. The molecule has 1 unspecified atom stereocenters. The van der Waals surface area contributed by atoms with Gasteiger partial charge in [0, 0.05) is 13.1 Å². The van der Waals surface area contributed by atoms with Crippen LogP contribution in [0.15, 0.2) is 0 Å². The van der Waals surface area contributed by atoms with Gasteiger partial charge in [-0.3, -0.25) is 0 Å². The molecule has 0 aliphatic rings. The second-order valence-electron chi connectivity index (χ2n) is 5.38. The molecule has 0 heterocycles. The Kier molecular flexibility index (Phi) is 18.0. The summed E-state index contributed by atoms with van der Waals surface area (Å²) in [5.74, 6) is -0.419. The Labute approximate surface area is 152 Å². The molecular formula is C14H30NNaO4S. The molecule has 0 rings (SSSR count). The first-order chi connectivity index (χ1) is 9.45. The molecule has 0 saturated carbocycles. The molecule has 0 aromatic carbocycles. The van der Waals surface area contributed by atoms with Crippen molar-refractivity contribution < 1.29 is 47.6 Å². The molecule has 0 aromatic rings. The van der Waals surface area contributed by atoms with Gasteiger partial charge in [-0.25, -0.2) is 8.42 Å².